The minimum absolute atomic E-state index is 0.133. The first-order chi connectivity index (χ1) is 11.2. The number of fused-ring (bicyclic) bond motifs is 3. The quantitative estimate of drug-likeness (QED) is 0.621. The van der Waals surface area contributed by atoms with Gasteiger partial charge in [-0.05, 0) is 12.1 Å². The second-order valence-corrected chi connectivity index (χ2v) is 6.05. The molecular formula is C15H14N6OS. The van der Waals surface area contributed by atoms with Crippen LogP contribution in [0.5, 0.6) is 0 Å². The summed E-state index contributed by atoms with van der Waals surface area (Å²) >= 11 is 1.52. The van der Waals surface area contributed by atoms with Gasteiger partial charge in [0.15, 0.2) is 5.65 Å². The Balaban J connectivity index is 1.86. The Morgan fingerprint density at radius 2 is 2.22 bits per heavy atom. The van der Waals surface area contributed by atoms with Crippen LogP contribution in [-0.4, -0.2) is 31.4 Å². The zero-order valence-electron chi connectivity index (χ0n) is 12.6. The van der Waals surface area contributed by atoms with Gasteiger partial charge in [0.05, 0.1) is 28.6 Å². The normalized spacial score (nSPS) is 11.4. The lowest BCUT2D eigenvalue weighted by Crippen LogP contribution is -2.25. The lowest BCUT2D eigenvalue weighted by atomic mass is 10.3. The fourth-order valence-corrected chi connectivity index (χ4v) is 3.54. The zero-order valence-corrected chi connectivity index (χ0v) is 13.5. The molecular weight excluding hydrogens is 312 g/mol. The van der Waals surface area contributed by atoms with E-state index in [2.05, 4.69) is 20.4 Å². The lowest BCUT2D eigenvalue weighted by molar-refractivity contribution is 0.633. The molecule has 4 heterocycles. The molecule has 23 heavy (non-hydrogen) atoms. The average molecular weight is 326 g/mol. The number of aromatic nitrogens is 5. The maximum absolute atomic E-state index is 12.8. The van der Waals surface area contributed by atoms with Crippen molar-refractivity contribution in [3.63, 3.8) is 0 Å². The molecule has 0 amide bonds. The molecule has 0 aromatic carbocycles. The van der Waals surface area contributed by atoms with E-state index in [0.717, 1.165) is 27.2 Å². The fraction of sp³-hybridized carbons (Fsp3) is 0.200. The van der Waals surface area contributed by atoms with Gasteiger partial charge in [-0.15, -0.1) is 11.3 Å². The van der Waals surface area contributed by atoms with Gasteiger partial charge >= 0.3 is 0 Å². The van der Waals surface area contributed by atoms with Crippen molar-refractivity contribution in [2.45, 2.75) is 6.54 Å². The first-order valence-corrected chi connectivity index (χ1v) is 7.98. The number of aryl methyl sites for hydroxylation is 1. The molecule has 0 aliphatic heterocycles. The van der Waals surface area contributed by atoms with Crippen molar-refractivity contribution >= 4 is 38.4 Å². The average Bonchev–Trinajstić information content (AvgIpc) is 3.14. The van der Waals surface area contributed by atoms with Crippen molar-refractivity contribution in [1.82, 2.24) is 24.3 Å². The Hall–Kier alpha value is -2.74. The van der Waals surface area contributed by atoms with E-state index < -0.39 is 0 Å². The highest BCUT2D eigenvalue weighted by atomic mass is 32.1. The van der Waals surface area contributed by atoms with Gasteiger partial charge in [-0.1, -0.05) is 6.07 Å². The topological polar surface area (TPSA) is 77.6 Å². The third-order valence-corrected chi connectivity index (χ3v) is 4.69. The highest BCUT2D eigenvalue weighted by molar-refractivity contribution is 7.17. The summed E-state index contributed by atoms with van der Waals surface area (Å²) in [5.41, 5.74) is 3.87. The van der Waals surface area contributed by atoms with Crippen LogP contribution in [0.3, 0.4) is 0 Å². The van der Waals surface area contributed by atoms with Crippen molar-refractivity contribution in [2.24, 2.45) is 7.05 Å². The van der Waals surface area contributed by atoms with Crippen LogP contribution in [0.2, 0.25) is 0 Å². The van der Waals surface area contributed by atoms with Crippen LogP contribution in [0.1, 0.15) is 5.69 Å². The van der Waals surface area contributed by atoms with Crippen LogP contribution in [0.15, 0.2) is 34.7 Å². The van der Waals surface area contributed by atoms with E-state index in [4.69, 9.17) is 0 Å². The van der Waals surface area contributed by atoms with Gasteiger partial charge in [0.25, 0.3) is 5.56 Å². The monoisotopic (exact) mass is 326 g/mol. The first-order valence-electron chi connectivity index (χ1n) is 7.10. The summed E-state index contributed by atoms with van der Waals surface area (Å²) < 4.78 is 4.27. The van der Waals surface area contributed by atoms with E-state index in [1.807, 2.05) is 36.9 Å². The smallest absolute Gasteiger partial charge is 0.291 e. The number of thiazole rings is 1. The van der Waals surface area contributed by atoms with Crippen molar-refractivity contribution in [2.75, 3.05) is 12.4 Å². The molecule has 0 bridgehead atoms. The van der Waals surface area contributed by atoms with Crippen LogP contribution < -0.4 is 10.9 Å². The molecule has 0 atom stereocenters. The fourth-order valence-electron chi connectivity index (χ4n) is 2.71. The van der Waals surface area contributed by atoms with Crippen molar-refractivity contribution in [3.8, 4) is 0 Å². The summed E-state index contributed by atoms with van der Waals surface area (Å²) in [5.74, 6) is 0.764. The third-order valence-electron chi connectivity index (χ3n) is 3.84. The summed E-state index contributed by atoms with van der Waals surface area (Å²) in [4.78, 5) is 21.5. The minimum atomic E-state index is -0.133. The minimum Gasteiger partial charge on any atom is -0.373 e. The van der Waals surface area contributed by atoms with E-state index >= 15 is 0 Å². The SMILES string of the molecule is CNc1cccc(Cn2ncc3c4scnc4n(C)c3c2=O)n1. The van der Waals surface area contributed by atoms with Crippen molar-refractivity contribution in [3.05, 3.63) is 46.0 Å². The number of hydrogen-bond acceptors (Lipinski definition) is 6. The standard InChI is InChI=1S/C15H14N6OS/c1-16-11-5-3-4-9(19-11)7-21-15(22)12-10(6-18-21)13-14(20(12)2)17-8-23-13/h3-6,8H,7H2,1-2H3,(H,16,19). The van der Waals surface area contributed by atoms with Gasteiger partial charge in [0, 0.05) is 19.5 Å². The molecule has 8 heteroatoms. The van der Waals surface area contributed by atoms with Crippen LogP contribution in [0.25, 0.3) is 21.3 Å². The van der Waals surface area contributed by atoms with Gasteiger partial charge in [0.2, 0.25) is 0 Å². The summed E-state index contributed by atoms with van der Waals surface area (Å²) in [6, 6.07) is 5.66. The Bertz CT molecular complexity index is 1080. The molecule has 116 valence electrons. The summed E-state index contributed by atoms with van der Waals surface area (Å²) in [6.07, 6.45) is 1.74. The molecule has 0 aliphatic carbocycles. The molecule has 7 nitrogen and oxygen atoms in total. The third kappa shape index (κ3) is 2.10. The molecule has 0 saturated heterocycles. The molecule has 4 aromatic heterocycles. The zero-order chi connectivity index (χ0) is 16.0. The van der Waals surface area contributed by atoms with Gasteiger partial charge in [-0.3, -0.25) is 4.79 Å². The number of anilines is 1. The number of nitrogens with one attached hydrogen (secondary N) is 1. The Labute approximate surface area is 135 Å². The predicted molar refractivity (Wildman–Crippen MR) is 91.0 cm³/mol. The van der Waals surface area contributed by atoms with Crippen LogP contribution in [0, 0.1) is 0 Å². The Morgan fingerprint density at radius 1 is 1.35 bits per heavy atom. The molecule has 0 unspecified atom stereocenters. The molecule has 0 spiro atoms. The van der Waals surface area contributed by atoms with Crippen LogP contribution in [-0.2, 0) is 13.6 Å². The summed E-state index contributed by atoms with van der Waals surface area (Å²) in [7, 11) is 3.67. The Kier molecular flexibility index (Phi) is 3.12. The summed E-state index contributed by atoms with van der Waals surface area (Å²) in [5, 5.41) is 8.15. The Morgan fingerprint density at radius 3 is 3.04 bits per heavy atom. The summed E-state index contributed by atoms with van der Waals surface area (Å²) in [6.45, 7) is 0.330. The molecule has 0 fully saturated rings. The molecule has 4 aromatic rings. The van der Waals surface area contributed by atoms with Gasteiger partial charge < -0.3 is 9.88 Å². The molecule has 0 saturated carbocycles. The number of nitrogens with zero attached hydrogens (tertiary/aromatic N) is 5. The van der Waals surface area contributed by atoms with Gasteiger partial charge in [-0.2, -0.15) is 5.10 Å². The molecule has 1 N–H and O–H groups in total. The van der Waals surface area contributed by atoms with E-state index in [1.54, 1.807) is 11.7 Å². The van der Waals surface area contributed by atoms with Crippen LogP contribution >= 0.6 is 11.3 Å². The molecule has 4 rings (SSSR count). The largest absolute Gasteiger partial charge is 0.373 e. The number of rotatable bonds is 3. The second-order valence-electron chi connectivity index (χ2n) is 5.20. The second kappa shape index (κ2) is 5.17. The maximum Gasteiger partial charge on any atom is 0.291 e. The number of hydrogen-bond donors (Lipinski definition) is 1. The van der Waals surface area contributed by atoms with Gasteiger partial charge in [0.1, 0.15) is 11.3 Å². The van der Waals surface area contributed by atoms with Gasteiger partial charge in [-0.25, -0.2) is 14.6 Å². The highest BCUT2D eigenvalue weighted by Crippen LogP contribution is 2.27. The van der Waals surface area contributed by atoms with E-state index in [0.29, 0.717) is 12.1 Å². The maximum atomic E-state index is 12.8. The molecule has 0 aliphatic rings. The number of pyridine rings is 1. The van der Waals surface area contributed by atoms with Crippen molar-refractivity contribution in [1.29, 1.82) is 0 Å². The van der Waals surface area contributed by atoms with Crippen LogP contribution in [0.4, 0.5) is 5.82 Å². The highest BCUT2D eigenvalue weighted by Gasteiger charge is 2.16. The van der Waals surface area contributed by atoms with E-state index in [1.165, 1.54) is 16.0 Å². The lowest BCUT2D eigenvalue weighted by Gasteiger charge is -2.06. The van der Waals surface area contributed by atoms with E-state index in [9.17, 15) is 4.79 Å². The van der Waals surface area contributed by atoms with E-state index in [-0.39, 0.29) is 5.56 Å². The predicted octanol–water partition coefficient (Wildman–Crippen LogP) is 1.83. The van der Waals surface area contributed by atoms with Crippen molar-refractivity contribution < 1.29 is 0 Å². The first kappa shape index (κ1) is 13.9. The molecule has 0 radical (unpaired) electrons.